The van der Waals surface area contributed by atoms with Crippen LogP contribution in [0.25, 0.3) is 6.08 Å². The number of aromatic nitrogens is 1. The molecule has 1 amide bonds. The summed E-state index contributed by atoms with van der Waals surface area (Å²) in [6.07, 6.45) is 2.67. The van der Waals surface area contributed by atoms with Crippen LogP contribution >= 0.6 is 0 Å². The van der Waals surface area contributed by atoms with Crippen LogP contribution in [0.2, 0.25) is 0 Å². The number of nitriles is 1. The summed E-state index contributed by atoms with van der Waals surface area (Å²) in [6, 6.07) is 3.39. The second-order valence-electron chi connectivity index (χ2n) is 6.13. The molecule has 1 aromatic heterocycles. The van der Waals surface area contributed by atoms with E-state index < -0.39 is 37.9 Å². The van der Waals surface area contributed by atoms with Gasteiger partial charge in [-0.15, -0.1) is 0 Å². The molecule has 0 saturated carbocycles. The molecule has 9 heteroatoms. The third kappa shape index (κ3) is 1.89. The van der Waals surface area contributed by atoms with Crippen LogP contribution in [-0.2, 0) is 19.4 Å². The van der Waals surface area contributed by atoms with Gasteiger partial charge in [0.05, 0.1) is 22.9 Å². The van der Waals surface area contributed by atoms with Gasteiger partial charge in [-0.25, -0.2) is 13.2 Å². The van der Waals surface area contributed by atoms with Crippen molar-refractivity contribution in [2.75, 3.05) is 0 Å². The van der Waals surface area contributed by atoms with Crippen molar-refractivity contribution in [1.29, 1.82) is 5.26 Å². The molecule has 3 heterocycles. The Morgan fingerprint density at radius 1 is 1.50 bits per heavy atom. The highest BCUT2D eigenvalue weighted by molar-refractivity contribution is 7.94. The molecule has 2 aliphatic rings. The highest BCUT2D eigenvalue weighted by Crippen LogP contribution is 2.48. The van der Waals surface area contributed by atoms with Crippen LogP contribution in [0.1, 0.15) is 25.1 Å². The second kappa shape index (κ2) is 4.88. The van der Waals surface area contributed by atoms with Crippen LogP contribution in [0.4, 0.5) is 0 Å². The number of carbonyl (C=O) groups excluding carboxylic acids is 1. The van der Waals surface area contributed by atoms with Crippen molar-refractivity contribution in [3.8, 4) is 6.07 Å². The number of sulfone groups is 1. The molecule has 3 rings (SSSR count). The van der Waals surface area contributed by atoms with Gasteiger partial charge in [0.25, 0.3) is 5.91 Å². The predicted molar refractivity (Wildman–Crippen MR) is 82.0 cm³/mol. The van der Waals surface area contributed by atoms with Gasteiger partial charge in [0, 0.05) is 6.20 Å². The molecule has 2 fully saturated rings. The van der Waals surface area contributed by atoms with E-state index in [1.165, 1.54) is 38.3 Å². The first-order valence-electron chi connectivity index (χ1n) is 6.99. The molecule has 0 unspecified atom stereocenters. The Bertz CT molecular complexity index is 942. The van der Waals surface area contributed by atoms with E-state index in [-0.39, 0.29) is 11.3 Å². The van der Waals surface area contributed by atoms with Gasteiger partial charge in [-0.2, -0.15) is 5.26 Å². The van der Waals surface area contributed by atoms with E-state index in [0.29, 0.717) is 5.56 Å². The van der Waals surface area contributed by atoms with Gasteiger partial charge in [0.15, 0.2) is 21.3 Å². The molecule has 1 N–H and O–H groups in total. The van der Waals surface area contributed by atoms with Crippen molar-refractivity contribution in [2.24, 2.45) is 0 Å². The fourth-order valence-electron chi connectivity index (χ4n) is 3.10. The average Bonchev–Trinajstić information content (AvgIpc) is 2.66. The van der Waals surface area contributed by atoms with Crippen LogP contribution in [-0.4, -0.2) is 51.4 Å². The molecule has 2 saturated heterocycles. The number of hydrogen-bond acceptors (Lipinski definition) is 6. The van der Waals surface area contributed by atoms with E-state index in [1.54, 1.807) is 0 Å². The summed E-state index contributed by atoms with van der Waals surface area (Å²) < 4.78 is 23.8. The fourth-order valence-corrected chi connectivity index (χ4v) is 5.22. The number of fused-ring (bicyclic) bond motifs is 1. The number of amides is 1. The number of pyridine rings is 1. The highest BCUT2D eigenvalue weighted by atomic mass is 32.2. The summed E-state index contributed by atoms with van der Waals surface area (Å²) in [4.78, 5) is 28.7. The molecular formula is C15H13N3O5S. The Hall–Kier alpha value is -2.73. The van der Waals surface area contributed by atoms with Gasteiger partial charge >= 0.3 is 5.97 Å². The molecule has 1 aromatic rings. The summed E-state index contributed by atoms with van der Waals surface area (Å²) in [5.74, 6) is -2.01. The zero-order valence-corrected chi connectivity index (χ0v) is 13.6. The minimum Gasteiger partial charge on any atom is -0.480 e. The summed E-state index contributed by atoms with van der Waals surface area (Å²) in [5.41, 5.74) is 0.553. The molecule has 124 valence electrons. The first-order chi connectivity index (χ1) is 11.1. The lowest BCUT2D eigenvalue weighted by Gasteiger charge is -2.37. The largest absolute Gasteiger partial charge is 0.480 e. The minimum atomic E-state index is -3.91. The zero-order chi connectivity index (χ0) is 17.9. The molecule has 0 aliphatic carbocycles. The summed E-state index contributed by atoms with van der Waals surface area (Å²) in [5, 5.41) is 16.9. The minimum absolute atomic E-state index is 0.0329. The number of rotatable bonds is 2. The van der Waals surface area contributed by atoms with Crippen LogP contribution in [0.5, 0.6) is 0 Å². The standard InChI is InChI=1S/C15H13N3O5S/c1-15(2)11(14(20)21)18-12(19)10(13(18)24(15,22)23)6-9-5-8(7-16)3-4-17-9/h3-6,11,13H,1-2H3,(H,20,21)/b10-6-/t11-,13+/m0/s1. The zero-order valence-electron chi connectivity index (χ0n) is 12.8. The molecule has 0 spiro atoms. The lowest BCUT2D eigenvalue weighted by molar-refractivity contribution is -0.152. The average molecular weight is 347 g/mol. The number of aliphatic carboxylic acids is 1. The third-order valence-corrected chi connectivity index (χ3v) is 7.17. The second-order valence-corrected chi connectivity index (χ2v) is 8.72. The van der Waals surface area contributed by atoms with Crippen molar-refractivity contribution >= 4 is 27.8 Å². The van der Waals surface area contributed by atoms with Gasteiger partial charge in [-0.05, 0) is 32.1 Å². The topological polar surface area (TPSA) is 128 Å². The first-order valence-corrected chi connectivity index (χ1v) is 8.54. The van der Waals surface area contributed by atoms with Gasteiger partial charge in [0.1, 0.15) is 4.75 Å². The van der Waals surface area contributed by atoms with E-state index in [0.717, 1.165) is 4.90 Å². The molecule has 0 radical (unpaired) electrons. The number of carbonyl (C=O) groups is 2. The van der Waals surface area contributed by atoms with Crippen molar-refractivity contribution in [3.05, 3.63) is 35.2 Å². The number of carboxylic acids is 1. The Kier molecular flexibility index (Phi) is 3.28. The SMILES string of the molecule is CC1(C)[C@H](C(=O)O)N2C(=O)/C(=C/c3cc(C#N)ccn3)[C@H]2S1(=O)=O. The molecular weight excluding hydrogens is 334 g/mol. The van der Waals surface area contributed by atoms with E-state index in [4.69, 9.17) is 5.26 Å². The summed E-state index contributed by atoms with van der Waals surface area (Å²) in [6.45, 7) is 2.61. The predicted octanol–water partition coefficient (Wildman–Crippen LogP) is 0.165. The van der Waals surface area contributed by atoms with Gasteiger partial charge < -0.3 is 10.0 Å². The van der Waals surface area contributed by atoms with E-state index >= 15 is 0 Å². The maximum Gasteiger partial charge on any atom is 0.328 e. The normalized spacial score (nSPS) is 28.1. The smallest absolute Gasteiger partial charge is 0.328 e. The van der Waals surface area contributed by atoms with E-state index in [2.05, 4.69) is 4.98 Å². The van der Waals surface area contributed by atoms with E-state index in [1.807, 2.05) is 6.07 Å². The number of carboxylic acid groups (broad SMARTS) is 1. The number of hydrogen-bond donors (Lipinski definition) is 1. The first kappa shape index (κ1) is 16.1. The Labute approximate surface area is 137 Å². The van der Waals surface area contributed by atoms with Crippen molar-refractivity contribution in [2.45, 2.75) is 30.0 Å². The third-order valence-electron chi connectivity index (χ3n) is 4.41. The molecule has 24 heavy (non-hydrogen) atoms. The highest BCUT2D eigenvalue weighted by Gasteiger charge is 2.70. The molecule has 2 aliphatic heterocycles. The van der Waals surface area contributed by atoms with Crippen LogP contribution in [0.15, 0.2) is 23.9 Å². The van der Waals surface area contributed by atoms with Crippen molar-refractivity contribution in [1.82, 2.24) is 9.88 Å². The summed E-state index contributed by atoms with van der Waals surface area (Å²) >= 11 is 0. The van der Waals surface area contributed by atoms with Crippen molar-refractivity contribution < 1.29 is 23.1 Å². The summed E-state index contributed by atoms with van der Waals surface area (Å²) in [7, 11) is -3.91. The Morgan fingerprint density at radius 2 is 2.17 bits per heavy atom. The van der Waals surface area contributed by atoms with E-state index in [9.17, 15) is 23.1 Å². The Balaban J connectivity index is 2.10. The fraction of sp³-hybridized carbons (Fsp3) is 0.333. The van der Waals surface area contributed by atoms with Gasteiger partial charge in [-0.3, -0.25) is 9.78 Å². The van der Waals surface area contributed by atoms with Crippen LogP contribution in [0, 0.1) is 11.3 Å². The maximum absolute atomic E-state index is 12.7. The number of nitrogens with zero attached hydrogens (tertiary/aromatic N) is 3. The molecule has 0 aromatic carbocycles. The van der Waals surface area contributed by atoms with Crippen LogP contribution < -0.4 is 0 Å². The van der Waals surface area contributed by atoms with Crippen molar-refractivity contribution in [3.63, 3.8) is 0 Å². The van der Waals surface area contributed by atoms with Gasteiger partial charge in [0.2, 0.25) is 0 Å². The Morgan fingerprint density at radius 3 is 2.75 bits per heavy atom. The molecule has 0 bridgehead atoms. The maximum atomic E-state index is 12.7. The molecule has 8 nitrogen and oxygen atoms in total. The lowest BCUT2D eigenvalue weighted by atomic mass is 9.95. The van der Waals surface area contributed by atoms with Gasteiger partial charge in [-0.1, -0.05) is 0 Å². The monoisotopic (exact) mass is 347 g/mol. The number of β-lactam (4-membered cyclic amide) rings is 1. The quantitative estimate of drug-likeness (QED) is 0.596. The molecule has 2 atom stereocenters. The van der Waals surface area contributed by atoms with Crippen LogP contribution in [0.3, 0.4) is 0 Å². The lowest BCUT2D eigenvalue weighted by Crippen LogP contribution is -2.58.